The topological polar surface area (TPSA) is 52.6 Å². The second kappa shape index (κ2) is 7.57. The maximum absolute atomic E-state index is 5.70. The van der Waals surface area contributed by atoms with Gasteiger partial charge in [0.15, 0.2) is 6.29 Å². The number of hydrogen-bond donors (Lipinski definition) is 1. The minimum absolute atomic E-state index is 0.131. The molecule has 0 bridgehead atoms. The van der Waals surface area contributed by atoms with Crippen molar-refractivity contribution in [2.45, 2.75) is 45.6 Å². The highest BCUT2D eigenvalue weighted by molar-refractivity contribution is 5.26. The quantitative estimate of drug-likeness (QED) is 0.830. The number of nitrogens with one attached hydrogen (secondary N) is 1. The van der Waals surface area contributed by atoms with Gasteiger partial charge in [-0.05, 0) is 32.0 Å². The molecule has 1 unspecified atom stereocenters. The van der Waals surface area contributed by atoms with Gasteiger partial charge in [-0.2, -0.15) is 0 Å². The Morgan fingerprint density at radius 2 is 2.10 bits per heavy atom. The van der Waals surface area contributed by atoms with E-state index in [1.807, 2.05) is 26.1 Å². The lowest BCUT2D eigenvalue weighted by molar-refractivity contribution is -0.0529. The highest BCUT2D eigenvalue weighted by atomic mass is 16.7. The summed E-state index contributed by atoms with van der Waals surface area (Å²) in [5.41, 5.74) is 1.10. The highest BCUT2D eigenvalue weighted by Gasteiger charge is 2.22. The van der Waals surface area contributed by atoms with Gasteiger partial charge in [0.05, 0.1) is 25.5 Å². The minimum atomic E-state index is -0.131. The fourth-order valence-electron chi connectivity index (χ4n) is 2.28. The molecule has 5 heteroatoms. The lowest BCUT2D eigenvalue weighted by atomic mass is 10.1. The number of pyridine rings is 1. The molecule has 0 saturated carbocycles. The van der Waals surface area contributed by atoms with Crippen LogP contribution in [0.1, 0.15) is 38.8 Å². The van der Waals surface area contributed by atoms with Gasteiger partial charge in [0.2, 0.25) is 0 Å². The van der Waals surface area contributed by atoms with E-state index in [4.69, 9.17) is 14.2 Å². The zero-order valence-electron chi connectivity index (χ0n) is 12.5. The summed E-state index contributed by atoms with van der Waals surface area (Å²) in [6.07, 6.45) is 4.41. The zero-order chi connectivity index (χ0) is 14.4. The molecule has 0 aliphatic carbocycles. The Kier molecular flexibility index (Phi) is 5.76. The van der Waals surface area contributed by atoms with Gasteiger partial charge < -0.3 is 19.5 Å². The predicted octanol–water partition coefficient (Wildman–Crippen LogP) is 2.28. The van der Waals surface area contributed by atoms with Crippen LogP contribution in [0.4, 0.5) is 0 Å². The second-order valence-corrected chi connectivity index (χ2v) is 5.14. The summed E-state index contributed by atoms with van der Waals surface area (Å²) in [5, 5.41) is 3.45. The van der Waals surface area contributed by atoms with Gasteiger partial charge in [0, 0.05) is 18.7 Å². The van der Waals surface area contributed by atoms with Crippen molar-refractivity contribution in [2.24, 2.45) is 0 Å². The van der Waals surface area contributed by atoms with Crippen LogP contribution in [0.2, 0.25) is 0 Å². The summed E-state index contributed by atoms with van der Waals surface area (Å²) in [7, 11) is 0. The van der Waals surface area contributed by atoms with Gasteiger partial charge in [-0.15, -0.1) is 0 Å². The van der Waals surface area contributed by atoms with Crippen LogP contribution in [0.15, 0.2) is 18.5 Å². The van der Waals surface area contributed by atoms with Crippen LogP contribution in [-0.4, -0.2) is 37.1 Å². The summed E-state index contributed by atoms with van der Waals surface area (Å²) >= 11 is 0. The fraction of sp³-hybridized carbons (Fsp3) is 0.667. The Bertz CT molecular complexity index is 406. The van der Waals surface area contributed by atoms with E-state index >= 15 is 0 Å². The van der Waals surface area contributed by atoms with Crippen molar-refractivity contribution >= 4 is 0 Å². The van der Waals surface area contributed by atoms with Gasteiger partial charge in [-0.1, -0.05) is 6.92 Å². The first-order chi connectivity index (χ1) is 9.69. The number of nitrogens with zero attached hydrogens (tertiary/aromatic N) is 1. The van der Waals surface area contributed by atoms with Crippen molar-refractivity contribution in [1.82, 2.24) is 10.3 Å². The van der Waals surface area contributed by atoms with Crippen molar-refractivity contribution in [1.29, 1.82) is 0 Å². The van der Waals surface area contributed by atoms with Crippen LogP contribution >= 0.6 is 0 Å². The van der Waals surface area contributed by atoms with E-state index in [0.717, 1.165) is 24.3 Å². The normalized spacial score (nSPS) is 17.6. The van der Waals surface area contributed by atoms with Crippen LogP contribution in [0, 0.1) is 0 Å². The van der Waals surface area contributed by atoms with E-state index in [2.05, 4.69) is 17.2 Å². The van der Waals surface area contributed by atoms with Crippen molar-refractivity contribution < 1.29 is 14.2 Å². The molecule has 112 valence electrons. The van der Waals surface area contributed by atoms with E-state index in [0.29, 0.717) is 13.2 Å². The summed E-state index contributed by atoms with van der Waals surface area (Å²) in [5.74, 6) is 0.800. The van der Waals surface area contributed by atoms with Gasteiger partial charge in [-0.3, -0.25) is 4.98 Å². The van der Waals surface area contributed by atoms with Crippen LogP contribution in [-0.2, 0) is 9.47 Å². The fourth-order valence-corrected chi connectivity index (χ4v) is 2.28. The molecule has 1 aromatic heterocycles. The largest absolute Gasteiger partial charge is 0.489 e. The van der Waals surface area contributed by atoms with E-state index in [9.17, 15) is 0 Å². The van der Waals surface area contributed by atoms with E-state index in [1.54, 1.807) is 6.20 Å². The first kappa shape index (κ1) is 15.2. The first-order valence-electron chi connectivity index (χ1n) is 7.27. The molecule has 1 fully saturated rings. The summed E-state index contributed by atoms with van der Waals surface area (Å²) in [4.78, 5) is 4.27. The zero-order valence-corrected chi connectivity index (χ0v) is 12.5. The molecule has 1 aliphatic rings. The average Bonchev–Trinajstić information content (AvgIpc) is 2.91. The molecule has 5 nitrogen and oxygen atoms in total. The Balaban J connectivity index is 2.06. The van der Waals surface area contributed by atoms with Gasteiger partial charge in [0.1, 0.15) is 5.75 Å². The lowest BCUT2D eigenvalue weighted by Crippen LogP contribution is -2.26. The molecule has 0 spiro atoms. The summed E-state index contributed by atoms with van der Waals surface area (Å²) < 4.78 is 16.8. The van der Waals surface area contributed by atoms with E-state index in [1.165, 1.54) is 0 Å². The van der Waals surface area contributed by atoms with E-state index in [-0.39, 0.29) is 18.4 Å². The van der Waals surface area contributed by atoms with Crippen LogP contribution in [0.3, 0.4) is 0 Å². The monoisotopic (exact) mass is 280 g/mol. The molecule has 2 heterocycles. The van der Waals surface area contributed by atoms with Crippen molar-refractivity contribution in [3.63, 3.8) is 0 Å². The number of rotatable bonds is 7. The molecule has 1 aromatic rings. The van der Waals surface area contributed by atoms with Crippen molar-refractivity contribution in [3.05, 3.63) is 24.0 Å². The van der Waals surface area contributed by atoms with Crippen molar-refractivity contribution in [2.75, 3.05) is 19.8 Å². The third-order valence-electron chi connectivity index (χ3n) is 3.08. The van der Waals surface area contributed by atoms with Gasteiger partial charge in [0.25, 0.3) is 0 Å². The molecule has 0 aromatic carbocycles. The Hall–Kier alpha value is -1.17. The summed E-state index contributed by atoms with van der Waals surface area (Å²) in [6, 6.07) is 2.20. The van der Waals surface area contributed by atoms with Crippen LogP contribution in [0.5, 0.6) is 5.75 Å². The number of aromatic nitrogens is 1. The third-order valence-corrected chi connectivity index (χ3v) is 3.08. The number of ether oxygens (including phenoxy) is 3. The molecule has 0 radical (unpaired) electrons. The molecule has 1 atom stereocenters. The Morgan fingerprint density at radius 3 is 2.75 bits per heavy atom. The van der Waals surface area contributed by atoms with Crippen LogP contribution in [0.25, 0.3) is 0 Å². The first-order valence-corrected chi connectivity index (χ1v) is 7.27. The molecule has 20 heavy (non-hydrogen) atoms. The van der Waals surface area contributed by atoms with Crippen molar-refractivity contribution in [3.8, 4) is 5.75 Å². The predicted molar refractivity (Wildman–Crippen MR) is 76.7 cm³/mol. The molecular formula is C15H24N2O3. The standard InChI is InChI=1S/C15H24N2O3/c1-4-17-14(8-15-18-5-6-19-15)12-7-13(10-16-9-12)20-11(2)3/h7,9-11,14-15,17H,4-6,8H2,1-3H3. The Labute approximate surface area is 120 Å². The smallest absolute Gasteiger partial charge is 0.159 e. The number of hydrogen-bond acceptors (Lipinski definition) is 5. The Morgan fingerprint density at radius 1 is 1.35 bits per heavy atom. The molecule has 0 amide bonds. The average molecular weight is 280 g/mol. The molecule has 2 rings (SSSR count). The van der Waals surface area contributed by atoms with Gasteiger partial charge >= 0.3 is 0 Å². The lowest BCUT2D eigenvalue weighted by Gasteiger charge is -2.21. The SMILES string of the molecule is CCNC(CC1OCCO1)c1cncc(OC(C)C)c1. The molecule has 1 saturated heterocycles. The maximum Gasteiger partial charge on any atom is 0.159 e. The molecular weight excluding hydrogens is 256 g/mol. The molecule has 1 N–H and O–H groups in total. The van der Waals surface area contributed by atoms with Gasteiger partial charge in [-0.25, -0.2) is 0 Å². The second-order valence-electron chi connectivity index (χ2n) is 5.14. The van der Waals surface area contributed by atoms with E-state index < -0.39 is 0 Å². The summed E-state index contributed by atoms with van der Waals surface area (Å²) in [6.45, 7) is 8.34. The third kappa shape index (κ3) is 4.44. The molecule has 1 aliphatic heterocycles. The minimum Gasteiger partial charge on any atom is -0.489 e. The highest BCUT2D eigenvalue weighted by Crippen LogP contribution is 2.24. The van der Waals surface area contributed by atoms with Crippen LogP contribution < -0.4 is 10.1 Å². The maximum atomic E-state index is 5.70.